The molecule has 0 bridgehead atoms. The van der Waals surface area contributed by atoms with Crippen molar-refractivity contribution in [2.75, 3.05) is 5.32 Å². The molecule has 0 radical (unpaired) electrons. The lowest BCUT2D eigenvalue weighted by atomic mass is 10.2. The van der Waals surface area contributed by atoms with Crippen molar-refractivity contribution >= 4 is 46.8 Å². The molecule has 0 aliphatic carbocycles. The van der Waals surface area contributed by atoms with Gasteiger partial charge in [-0.25, -0.2) is 0 Å². The van der Waals surface area contributed by atoms with Crippen molar-refractivity contribution < 1.29 is 9.59 Å². The normalized spacial score (nSPS) is 11.5. The molecule has 0 saturated heterocycles. The Morgan fingerprint density at radius 1 is 1.08 bits per heavy atom. The van der Waals surface area contributed by atoms with Gasteiger partial charge in [0.05, 0.1) is 16.6 Å². The molecular weight excluding hydrogens is 322 g/mol. The van der Waals surface area contributed by atoms with Gasteiger partial charge in [0.25, 0.3) is 5.91 Å². The minimum atomic E-state index is -0.471. The van der Waals surface area contributed by atoms with Gasteiger partial charge >= 0.3 is 0 Å². The first kappa shape index (κ1) is 15.9. The Bertz CT molecular complexity index is 1000. The molecule has 0 unspecified atom stereocenters. The molecule has 1 amide bonds. The van der Waals surface area contributed by atoms with Crippen LogP contribution in [-0.4, -0.2) is 21.2 Å². The summed E-state index contributed by atoms with van der Waals surface area (Å²) in [6.07, 6.45) is 1.47. The number of nitrogens with one attached hydrogen (secondary N) is 2. The fourth-order valence-electron chi connectivity index (χ4n) is 2.36. The summed E-state index contributed by atoms with van der Waals surface area (Å²) in [6, 6.07) is 16.5. The van der Waals surface area contributed by atoms with E-state index in [0.717, 1.165) is 11.0 Å². The Labute approximate surface area is 143 Å². The lowest BCUT2D eigenvalue weighted by Crippen LogP contribution is -2.19. The van der Waals surface area contributed by atoms with Crippen LogP contribution < -0.4 is 5.32 Å². The third-order valence-electron chi connectivity index (χ3n) is 3.54. The maximum Gasteiger partial charge on any atom is 0.260 e. The van der Waals surface area contributed by atoms with Crippen LogP contribution in [0.25, 0.3) is 17.2 Å². The number of Topliss-reactive ketones (excluding diaryl/α,β-unsaturated/α-hetero) is 1. The van der Waals surface area contributed by atoms with Crippen LogP contribution in [0.2, 0.25) is 0 Å². The van der Waals surface area contributed by atoms with Gasteiger partial charge in [0.1, 0.15) is 0 Å². The number of aromatic amines is 1. The van der Waals surface area contributed by atoms with E-state index in [-0.39, 0.29) is 11.4 Å². The summed E-state index contributed by atoms with van der Waals surface area (Å²) < 4.78 is 2.05. The van der Waals surface area contributed by atoms with Gasteiger partial charge in [0.2, 0.25) is 0 Å². The number of carbonyl (C=O) groups is 2. The summed E-state index contributed by atoms with van der Waals surface area (Å²) >= 11 is 5.29. The summed E-state index contributed by atoms with van der Waals surface area (Å²) in [4.78, 5) is 27.5. The van der Waals surface area contributed by atoms with Crippen molar-refractivity contribution in [1.29, 1.82) is 0 Å². The van der Waals surface area contributed by atoms with E-state index in [1.807, 2.05) is 42.5 Å². The first-order valence-electron chi connectivity index (χ1n) is 7.34. The monoisotopic (exact) mass is 337 g/mol. The Hall–Kier alpha value is -2.99. The summed E-state index contributed by atoms with van der Waals surface area (Å²) in [6.45, 7) is 1.36. The molecule has 6 heteroatoms. The maximum atomic E-state index is 12.5. The van der Waals surface area contributed by atoms with Gasteiger partial charge in [-0.05, 0) is 43.4 Å². The highest BCUT2D eigenvalue weighted by Crippen LogP contribution is 2.16. The Morgan fingerprint density at radius 2 is 1.75 bits per heavy atom. The molecular formula is C18H15N3O2S. The number of hydrogen-bond acceptors (Lipinski definition) is 3. The van der Waals surface area contributed by atoms with Crippen molar-refractivity contribution in [2.24, 2.45) is 0 Å². The van der Waals surface area contributed by atoms with E-state index in [0.29, 0.717) is 10.5 Å². The number of para-hydroxylation sites is 3. The summed E-state index contributed by atoms with van der Waals surface area (Å²) in [7, 11) is 0. The minimum Gasteiger partial charge on any atom is -0.330 e. The van der Waals surface area contributed by atoms with Gasteiger partial charge in [-0.15, -0.1) is 0 Å². The number of carbonyl (C=O) groups excluding carboxylic acids is 2. The second-order valence-corrected chi connectivity index (χ2v) is 5.62. The number of H-pyrrole nitrogens is 1. The summed E-state index contributed by atoms with van der Waals surface area (Å²) in [5.74, 6) is -0.809. The minimum absolute atomic E-state index is 0.0275. The van der Waals surface area contributed by atoms with E-state index in [1.54, 1.807) is 16.7 Å². The zero-order chi connectivity index (χ0) is 17.1. The molecule has 0 aliphatic rings. The number of imidazole rings is 1. The number of rotatable bonds is 4. The largest absolute Gasteiger partial charge is 0.330 e. The van der Waals surface area contributed by atoms with Gasteiger partial charge in [-0.1, -0.05) is 30.3 Å². The van der Waals surface area contributed by atoms with E-state index in [2.05, 4.69) is 10.3 Å². The molecule has 1 heterocycles. The highest BCUT2D eigenvalue weighted by atomic mass is 32.1. The topological polar surface area (TPSA) is 66.9 Å². The van der Waals surface area contributed by atoms with E-state index < -0.39 is 5.91 Å². The van der Waals surface area contributed by atoms with Crippen LogP contribution >= 0.6 is 12.2 Å². The van der Waals surface area contributed by atoms with Crippen LogP contribution in [0.1, 0.15) is 6.92 Å². The standard InChI is InChI=1S/C18H15N3O2S/c1-12(22)14(17(23)19-13-7-3-2-4-8-13)11-21-16-10-6-5-9-15(16)20-18(21)24/h2-11H,1H3,(H,19,23)(H,20,24)/b14-11-. The number of hydrogen-bond donors (Lipinski definition) is 2. The zero-order valence-corrected chi connectivity index (χ0v) is 13.8. The molecule has 0 atom stereocenters. The third kappa shape index (κ3) is 3.18. The number of benzene rings is 2. The molecule has 24 heavy (non-hydrogen) atoms. The van der Waals surface area contributed by atoms with Crippen LogP contribution in [0.15, 0.2) is 60.2 Å². The van der Waals surface area contributed by atoms with Crippen molar-refractivity contribution in [3.63, 3.8) is 0 Å². The molecule has 0 spiro atoms. The molecule has 3 rings (SSSR count). The first-order chi connectivity index (χ1) is 11.6. The molecule has 2 aromatic carbocycles. The number of nitrogens with zero attached hydrogens (tertiary/aromatic N) is 1. The van der Waals surface area contributed by atoms with E-state index in [9.17, 15) is 9.59 Å². The quantitative estimate of drug-likeness (QED) is 0.330. The molecule has 0 fully saturated rings. The van der Waals surface area contributed by atoms with E-state index in [1.165, 1.54) is 13.1 Å². The number of amides is 1. The third-order valence-corrected chi connectivity index (χ3v) is 3.84. The van der Waals surface area contributed by atoms with Crippen molar-refractivity contribution in [3.05, 3.63) is 64.9 Å². The molecule has 2 N–H and O–H groups in total. The molecule has 5 nitrogen and oxygen atoms in total. The fraction of sp³-hybridized carbons (Fsp3) is 0.0556. The molecule has 1 aromatic heterocycles. The smallest absolute Gasteiger partial charge is 0.260 e. The van der Waals surface area contributed by atoms with Gasteiger partial charge in [0.15, 0.2) is 10.6 Å². The van der Waals surface area contributed by atoms with Crippen LogP contribution in [0, 0.1) is 4.77 Å². The van der Waals surface area contributed by atoms with Crippen molar-refractivity contribution in [1.82, 2.24) is 9.55 Å². The Morgan fingerprint density at radius 3 is 2.46 bits per heavy atom. The average molecular weight is 337 g/mol. The summed E-state index contributed by atoms with van der Waals surface area (Å²) in [5.41, 5.74) is 2.29. The average Bonchev–Trinajstić information content (AvgIpc) is 2.88. The van der Waals surface area contributed by atoms with Gasteiger partial charge in [-0.2, -0.15) is 0 Å². The second kappa shape index (κ2) is 6.64. The predicted octanol–water partition coefficient (Wildman–Crippen LogP) is 3.77. The highest BCUT2D eigenvalue weighted by molar-refractivity contribution is 7.71. The molecule has 120 valence electrons. The number of aromatic nitrogens is 2. The highest BCUT2D eigenvalue weighted by Gasteiger charge is 2.16. The van der Waals surface area contributed by atoms with Crippen LogP contribution in [0.4, 0.5) is 5.69 Å². The lowest BCUT2D eigenvalue weighted by molar-refractivity contribution is -0.118. The van der Waals surface area contributed by atoms with Gasteiger partial charge in [-0.3, -0.25) is 14.2 Å². The van der Waals surface area contributed by atoms with Crippen LogP contribution in [-0.2, 0) is 9.59 Å². The molecule has 3 aromatic rings. The Kier molecular flexibility index (Phi) is 4.39. The van der Waals surface area contributed by atoms with Crippen LogP contribution in [0.3, 0.4) is 0 Å². The Balaban J connectivity index is 2.03. The lowest BCUT2D eigenvalue weighted by Gasteiger charge is -2.07. The van der Waals surface area contributed by atoms with Gasteiger partial charge in [0, 0.05) is 11.9 Å². The number of fused-ring (bicyclic) bond motifs is 1. The summed E-state index contributed by atoms with van der Waals surface area (Å²) in [5, 5.41) is 2.72. The fourth-order valence-corrected chi connectivity index (χ4v) is 2.62. The van der Waals surface area contributed by atoms with Crippen molar-refractivity contribution in [2.45, 2.75) is 6.92 Å². The molecule has 0 aliphatic heterocycles. The zero-order valence-electron chi connectivity index (χ0n) is 12.9. The number of anilines is 1. The molecule has 0 saturated carbocycles. The maximum absolute atomic E-state index is 12.5. The van der Waals surface area contributed by atoms with E-state index >= 15 is 0 Å². The first-order valence-corrected chi connectivity index (χ1v) is 7.75. The van der Waals surface area contributed by atoms with Crippen molar-refractivity contribution in [3.8, 4) is 0 Å². The van der Waals surface area contributed by atoms with Crippen LogP contribution in [0.5, 0.6) is 0 Å². The SMILES string of the molecule is CC(=O)/C(=C/n1c(=S)[nH]c2ccccc21)C(=O)Nc1ccccc1. The van der Waals surface area contributed by atoms with Gasteiger partial charge < -0.3 is 10.3 Å². The van der Waals surface area contributed by atoms with E-state index in [4.69, 9.17) is 12.2 Å². The predicted molar refractivity (Wildman–Crippen MR) is 97.1 cm³/mol. The second-order valence-electron chi connectivity index (χ2n) is 5.24. The number of ketones is 1.